The lowest BCUT2D eigenvalue weighted by Crippen LogP contribution is -2.14. The molecule has 19 heavy (non-hydrogen) atoms. The highest BCUT2D eigenvalue weighted by Gasteiger charge is 2.35. The standard InChI is InChI=1S/C13H11F3N2O/c1-8-6-17-12(18-7-8)11(19)9-4-2-3-5-10(9)13(14,15)16/h2-7,11,19H,1H3. The van der Waals surface area contributed by atoms with E-state index in [4.69, 9.17) is 0 Å². The third-order valence-corrected chi connectivity index (χ3v) is 2.61. The minimum Gasteiger partial charge on any atom is -0.380 e. The second kappa shape index (κ2) is 4.97. The predicted molar refractivity (Wildman–Crippen MR) is 62.3 cm³/mol. The largest absolute Gasteiger partial charge is 0.416 e. The Morgan fingerprint density at radius 1 is 1.11 bits per heavy atom. The second-order valence-electron chi connectivity index (χ2n) is 4.11. The molecule has 0 amide bonds. The molecule has 0 saturated carbocycles. The van der Waals surface area contributed by atoms with Gasteiger partial charge in [0.05, 0.1) is 5.56 Å². The number of aliphatic hydroxyl groups excluding tert-OH is 1. The number of hydrogen-bond acceptors (Lipinski definition) is 3. The Bertz CT molecular complexity index is 567. The number of benzene rings is 1. The van der Waals surface area contributed by atoms with Crippen LogP contribution in [0.5, 0.6) is 0 Å². The summed E-state index contributed by atoms with van der Waals surface area (Å²) >= 11 is 0. The summed E-state index contributed by atoms with van der Waals surface area (Å²) < 4.78 is 38.5. The summed E-state index contributed by atoms with van der Waals surface area (Å²) in [7, 11) is 0. The number of aliphatic hydroxyl groups is 1. The van der Waals surface area contributed by atoms with Crippen molar-refractivity contribution in [3.05, 3.63) is 59.2 Å². The minimum absolute atomic E-state index is 0.0534. The van der Waals surface area contributed by atoms with Crippen molar-refractivity contribution in [2.75, 3.05) is 0 Å². The van der Waals surface area contributed by atoms with Crippen molar-refractivity contribution in [3.63, 3.8) is 0 Å². The quantitative estimate of drug-likeness (QED) is 0.911. The molecule has 1 unspecified atom stereocenters. The average Bonchev–Trinajstić information content (AvgIpc) is 2.38. The smallest absolute Gasteiger partial charge is 0.380 e. The Hall–Kier alpha value is -1.95. The fourth-order valence-electron chi connectivity index (χ4n) is 1.68. The van der Waals surface area contributed by atoms with Crippen LogP contribution in [-0.4, -0.2) is 15.1 Å². The number of alkyl halides is 3. The molecular formula is C13H11F3N2O. The topological polar surface area (TPSA) is 46.0 Å². The van der Waals surface area contributed by atoms with Crippen molar-refractivity contribution in [1.82, 2.24) is 9.97 Å². The third-order valence-electron chi connectivity index (χ3n) is 2.61. The van der Waals surface area contributed by atoms with Crippen LogP contribution in [0, 0.1) is 6.92 Å². The molecule has 1 atom stereocenters. The SMILES string of the molecule is Cc1cnc(C(O)c2ccccc2C(F)(F)F)nc1. The van der Waals surface area contributed by atoms with Crippen LogP contribution < -0.4 is 0 Å². The summed E-state index contributed by atoms with van der Waals surface area (Å²) in [5, 5.41) is 10.0. The zero-order chi connectivity index (χ0) is 14.0. The zero-order valence-electron chi connectivity index (χ0n) is 10.0. The third kappa shape index (κ3) is 2.90. The first-order valence-electron chi connectivity index (χ1n) is 5.52. The molecule has 0 aliphatic rings. The molecule has 1 heterocycles. The Kier molecular flexibility index (Phi) is 3.53. The highest BCUT2D eigenvalue weighted by Crippen LogP contribution is 2.35. The lowest BCUT2D eigenvalue weighted by molar-refractivity contribution is -0.139. The molecule has 3 nitrogen and oxygen atoms in total. The summed E-state index contributed by atoms with van der Waals surface area (Å²) in [5.41, 5.74) is -0.370. The monoisotopic (exact) mass is 268 g/mol. The molecule has 0 aliphatic carbocycles. The van der Waals surface area contributed by atoms with Crippen LogP contribution in [0.15, 0.2) is 36.7 Å². The van der Waals surface area contributed by atoms with Gasteiger partial charge in [-0.3, -0.25) is 0 Å². The zero-order valence-corrected chi connectivity index (χ0v) is 10.0. The van der Waals surface area contributed by atoms with Crippen LogP contribution in [0.4, 0.5) is 13.2 Å². The summed E-state index contributed by atoms with van der Waals surface area (Å²) in [6, 6.07) is 4.85. The highest BCUT2D eigenvalue weighted by atomic mass is 19.4. The molecule has 100 valence electrons. The second-order valence-corrected chi connectivity index (χ2v) is 4.11. The van der Waals surface area contributed by atoms with Gasteiger partial charge in [0.25, 0.3) is 0 Å². The fraction of sp³-hybridized carbons (Fsp3) is 0.231. The summed E-state index contributed by atoms with van der Waals surface area (Å²) in [4.78, 5) is 7.70. The number of aryl methyl sites for hydroxylation is 1. The van der Waals surface area contributed by atoms with Gasteiger partial charge in [-0.2, -0.15) is 13.2 Å². The van der Waals surface area contributed by atoms with Crippen molar-refractivity contribution >= 4 is 0 Å². The number of hydrogen-bond donors (Lipinski definition) is 1. The fourth-order valence-corrected chi connectivity index (χ4v) is 1.68. The van der Waals surface area contributed by atoms with Gasteiger partial charge in [0.15, 0.2) is 5.82 Å². The maximum absolute atomic E-state index is 12.8. The molecule has 1 aromatic carbocycles. The molecule has 0 fully saturated rings. The molecule has 0 spiro atoms. The van der Waals surface area contributed by atoms with E-state index in [0.717, 1.165) is 11.6 Å². The van der Waals surface area contributed by atoms with E-state index in [0.29, 0.717) is 0 Å². The van der Waals surface area contributed by atoms with Crippen molar-refractivity contribution in [3.8, 4) is 0 Å². The molecule has 0 saturated heterocycles. The van der Waals surface area contributed by atoms with Gasteiger partial charge < -0.3 is 5.11 Å². The van der Waals surface area contributed by atoms with E-state index in [-0.39, 0.29) is 11.4 Å². The summed E-state index contributed by atoms with van der Waals surface area (Å²) in [6.45, 7) is 1.75. The van der Waals surface area contributed by atoms with E-state index < -0.39 is 17.8 Å². The molecular weight excluding hydrogens is 257 g/mol. The van der Waals surface area contributed by atoms with Gasteiger partial charge in [-0.15, -0.1) is 0 Å². The molecule has 2 aromatic rings. The number of aromatic nitrogens is 2. The predicted octanol–water partition coefficient (Wildman–Crippen LogP) is 2.89. The van der Waals surface area contributed by atoms with Gasteiger partial charge in [0.1, 0.15) is 6.10 Å². The van der Waals surface area contributed by atoms with Gasteiger partial charge in [0.2, 0.25) is 0 Å². The Morgan fingerprint density at radius 3 is 2.26 bits per heavy atom. The number of nitrogens with zero attached hydrogens (tertiary/aromatic N) is 2. The Balaban J connectivity index is 2.44. The first-order chi connectivity index (χ1) is 8.89. The normalized spacial score (nSPS) is 13.3. The van der Waals surface area contributed by atoms with Crippen molar-refractivity contribution in [2.45, 2.75) is 19.2 Å². The van der Waals surface area contributed by atoms with Crippen molar-refractivity contribution in [1.29, 1.82) is 0 Å². The number of halogens is 3. The van der Waals surface area contributed by atoms with E-state index in [1.54, 1.807) is 6.92 Å². The first-order valence-corrected chi connectivity index (χ1v) is 5.52. The van der Waals surface area contributed by atoms with Crippen LogP contribution in [-0.2, 0) is 6.18 Å². The van der Waals surface area contributed by atoms with Crippen LogP contribution in [0.1, 0.15) is 28.6 Å². The van der Waals surface area contributed by atoms with Crippen LogP contribution in [0.25, 0.3) is 0 Å². The van der Waals surface area contributed by atoms with Gasteiger partial charge in [-0.05, 0) is 18.6 Å². The van der Waals surface area contributed by atoms with Crippen LogP contribution in [0.2, 0.25) is 0 Å². The summed E-state index contributed by atoms with van der Waals surface area (Å²) in [5.74, 6) is -0.0534. The van der Waals surface area contributed by atoms with Crippen molar-refractivity contribution < 1.29 is 18.3 Å². The van der Waals surface area contributed by atoms with Gasteiger partial charge in [0, 0.05) is 18.0 Å². The van der Waals surface area contributed by atoms with Crippen molar-refractivity contribution in [2.24, 2.45) is 0 Å². The Morgan fingerprint density at radius 2 is 1.68 bits per heavy atom. The lowest BCUT2D eigenvalue weighted by atomic mass is 10.0. The molecule has 0 radical (unpaired) electrons. The molecule has 6 heteroatoms. The molecule has 2 rings (SSSR count). The van der Waals surface area contributed by atoms with Crippen LogP contribution >= 0.6 is 0 Å². The van der Waals surface area contributed by atoms with Gasteiger partial charge in [-0.1, -0.05) is 18.2 Å². The lowest BCUT2D eigenvalue weighted by Gasteiger charge is -2.16. The van der Waals surface area contributed by atoms with E-state index in [1.165, 1.54) is 30.6 Å². The summed E-state index contributed by atoms with van der Waals surface area (Å²) in [6.07, 6.45) is -3.13. The van der Waals surface area contributed by atoms with Gasteiger partial charge in [-0.25, -0.2) is 9.97 Å². The van der Waals surface area contributed by atoms with Gasteiger partial charge >= 0.3 is 6.18 Å². The van der Waals surface area contributed by atoms with E-state index in [1.807, 2.05) is 0 Å². The average molecular weight is 268 g/mol. The minimum atomic E-state index is -4.53. The highest BCUT2D eigenvalue weighted by molar-refractivity contribution is 5.34. The molecule has 1 N–H and O–H groups in total. The molecule has 1 aromatic heterocycles. The van der Waals surface area contributed by atoms with E-state index in [2.05, 4.69) is 9.97 Å². The molecule has 0 bridgehead atoms. The first kappa shape index (κ1) is 13.5. The number of rotatable bonds is 2. The Labute approximate surface area is 107 Å². The van der Waals surface area contributed by atoms with Crippen LogP contribution in [0.3, 0.4) is 0 Å². The van der Waals surface area contributed by atoms with E-state index >= 15 is 0 Å². The van der Waals surface area contributed by atoms with E-state index in [9.17, 15) is 18.3 Å². The molecule has 0 aliphatic heterocycles. The maximum atomic E-state index is 12.8. The maximum Gasteiger partial charge on any atom is 0.416 e.